The molecule has 47 heavy (non-hydrogen) atoms. The van der Waals surface area contributed by atoms with Gasteiger partial charge in [-0.3, -0.25) is 9.69 Å². The SMILES string of the molecule is Cc1cc(/C=C2\SC(=Nc3ccccc3)N(Cc3ccc(C(=O)O)cc3)C2=O)c(C)n1-c1ccc(OCc2ccc(Cl)cc2Cl)cc1. The first-order valence-corrected chi connectivity index (χ1v) is 16.3. The zero-order valence-electron chi connectivity index (χ0n) is 25.5. The van der Waals surface area contributed by atoms with Gasteiger partial charge in [0.25, 0.3) is 5.91 Å². The summed E-state index contributed by atoms with van der Waals surface area (Å²) in [7, 11) is 0. The number of nitrogens with zero attached hydrogens (tertiary/aromatic N) is 3. The number of carboxylic acid groups (broad SMARTS) is 1. The molecular formula is C37H29Cl2N3O4S. The van der Waals surface area contributed by atoms with Crippen LogP contribution in [0.4, 0.5) is 5.69 Å². The second kappa shape index (κ2) is 13.9. The molecule has 1 fully saturated rings. The molecule has 1 saturated heterocycles. The molecule has 7 nitrogen and oxygen atoms in total. The van der Waals surface area contributed by atoms with Crippen LogP contribution in [-0.2, 0) is 17.9 Å². The summed E-state index contributed by atoms with van der Waals surface area (Å²) in [4.78, 5) is 32.1. The van der Waals surface area contributed by atoms with Gasteiger partial charge in [0.1, 0.15) is 12.4 Å². The molecule has 2 heterocycles. The maximum absolute atomic E-state index is 13.8. The smallest absolute Gasteiger partial charge is 0.335 e. The van der Waals surface area contributed by atoms with Gasteiger partial charge in [-0.1, -0.05) is 59.6 Å². The van der Waals surface area contributed by atoms with Crippen LogP contribution in [-0.4, -0.2) is 31.6 Å². The van der Waals surface area contributed by atoms with Crippen LogP contribution in [0.3, 0.4) is 0 Å². The molecule has 6 rings (SSSR count). The summed E-state index contributed by atoms with van der Waals surface area (Å²) in [5, 5.41) is 11.0. The highest BCUT2D eigenvalue weighted by Gasteiger charge is 2.34. The Labute approximate surface area is 286 Å². The molecule has 0 aliphatic carbocycles. The number of aliphatic imine (C=N–C) groups is 1. The summed E-state index contributed by atoms with van der Waals surface area (Å²) in [6.07, 6.45) is 1.91. The number of para-hydroxylation sites is 1. The molecule has 1 aliphatic rings. The van der Waals surface area contributed by atoms with E-state index in [2.05, 4.69) is 10.6 Å². The first kappa shape index (κ1) is 32.2. The van der Waals surface area contributed by atoms with Gasteiger partial charge in [0.05, 0.1) is 22.7 Å². The lowest BCUT2D eigenvalue weighted by molar-refractivity contribution is -0.122. The molecular weight excluding hydrogens is 653 g/mol. The minimum Gasteiger partial charge on any atom is -0.489 e. The second-order valence-electron chi connectivity index (χ2n) is 10.9. The van der Waals surface area contributed by atoms with Crippen molar-refractivity contribution >= 4 is 63.8 Å². The number of aryl methyl sites for hydroxylation is 1. The van der Waals surface area contributed by atoms with Crippen molar-refractivity contribution in [3.8, 4) is 11.4 Å². The summed E-state index contributed by atoms with van der Waals surface area (Å²) in [6.45, 7) is 4.63. The maximum atomic E-state index is 13.8. The summed E-state index contributed by atoms with van der Waals surface area (Å²) >= 11 is 13.6. The zero-order valence-corrected chi connectivity index (χ0v) is 27.8. The fourth-order valence-corrected chi connectivity index (χ4v) is 6.69. The summed E-state index contributed by atoms with van der Waals surface area (Å²) in [5.74, 6) is -0.457. The number of ether oxygens (including phenoxy) is 1. The molecule has 5 aromatic rings. The van der Waals surface area contributed by atoms with Crippen molar-refractivity contribution in [2.24, 2.45) is 4.99 Å². The highest BCUT2D eigenvalue weighted by Crippen LogP contribution is 2.36. The van der Waals surface area contributed by atoms with Crippen molar-refractivity contribution in [2.75, 3.05) is 0 Å². The number of aromatic carboxylic acids is 1. The number of rotatable bonds is 9. The number of carbonyl (C=O) groups excluding carboxylic acids is 1. The highest BCUT2D eigenvalue weighted by molar-refractivity contribution is 8.18. The fourth-order valence-electron chi connectivity index (χ4n) is 5.24. The van der Waals surface area contributed by atoms with Crippen molar-refractivity contribution in [1.82, 2.24) is 9.47 Å². The minimum absolute atomic E-state index is 0.168. The van der Waals surface area contributed by atoms with Crippen molar-refractivity contribution in [3.05, 3.63) is 152 Å². The average Bonchev–Trinajstić information content (AvgIpc) is 3.50. The molecule has 0 spiro atoms. The predicted octanol–water partition coefficient (Wildman–Crippen LogP) is 9.48. The van der Waals surface area contributed by atoms with E-state index in [-0.39, 0.29) is 18.0 Å². The van der Waals surface area contributed by atoms with E-state index in [1.807, 2.05) is 80.6 Å². The summed E-state index contributed by atoms with van der Waals surface area (Å²) < 4.78 is 8.10. The number of amidine groups is 1. The van der Waals surface area contributed by atoms with E-state index in [0.29, 0.717) is 32.5 Å². The first-order valence-electron chi connectivity index (χ1n) is 14.7. The molecule has 236 valence electrons. The van der Waals surface area contributed by atoms with Gasteiger partial charge in [0, 0.05) is 32.7 Å². The number of aromatic nitrogens is 1. The van der Waals surface area contributed by atoms with E-state index in [1.165, 1.54) is 11.8 Å². The quantitative estimate of drug-likeness (QED) is 0.157. The third-order valence-electron chi connectivity index (χ3n) is 7.67. The van der Waals surface area contributed by atoms with Gasteiger partial charge < -0.3 is 14.4 Å². The Morgan fingerprint density at radius 1 is 0.936 bits per heavy atom. The van der Waals surface area contributed by atoms with Crippen LogP contribution < -0.4 is 4.74 Å². The zero-order chi connectivity index (χ0) is 33.1. The number of carboxylic acids is 1. The Balaban J connectivity index is 1.24. The number of halogens is 2. The summed E-state index contributed by atoms with van der Waals surface area (Å²) in [5.41, 5.74) is 6.45. The van der Waals surface area contributed by atoms with Crippen LogP contribution in [0, 0.1) is 13.8 Å². The van der Waals surface area contributed by atoms with Crippen molar-refractivity contribution in [3.63, 3.8) is 0 Å². The number of amides is 1. The molecule has 1 N–H and O–H groups in total. The molecule has 0 radical (unpaired) electrons. The minimum atomic E-state index is -0.998. The molecule has 1 amide bonds. The molecule has 10 heteroatoms. The fraction of sp³-hybridized carbons (Fsp3) is 0.108. The van der Waals surface area contributed by atoms with Gasteiger partial charge in [0.15, 0.2) is 5.17 Å². The Kier molecular flexibility index (Phi) is 9.54. The molecule has 1 aromatic heterocycles. The van der Waals surface area contributed by atoms with E-state index < -0.39 is 5.97 Å². The Morgan fingerprint density at radius 3 is 2.34 bits per heavy atom. The second-order valence-corrected chi connectivity index (χ2v) is 12.8. The number of carbonyl (C=O) groups is 2. The molecule has 1 aliphatic heterocycles. The molecule has 0 bridgehead atoms. The lowest BCUT2D eigenvalue weighted by Crippen LogP contribution is -2.28. The van der Waals surface area contributed by atoms with Crippen LogP contribution in [0.5, 0.6) is 5.75 Å². The Morgan fingerprint density at radius 2 is 1.66 bits per heavy atom. The number of thioether (sulfide) groups is 1. The van der Waals surface area contributed by atoms with Crippen LogP contribution in [0.25, 0.3) is 11.8 Å². The van der Waals surface area contributed by atoms with Crippen LogP contribution in [0.15, 0.2) is 113 Å². The maximum Gasteiger partial charge on any atom is 0.335 e. The first-order chi connectivity index (χ1) is 22.7. The van der Waals surface area contributed by atoms with E-state index >= 15 is 0 Å². The van der Waals surface area contributed by atoms with E-state index in [4.69, 9.17) is 32.9 Å². The normalized spacial score (nSPS) is 14.7. The number of hydrogen-bond donors (Lipinski definition) is 1. The number of benzene rings is 4. The average molecular weight is 683 g/mol. The number of hydrogen-bond acceptors (Lipinski definition) is 5. The highest BCUT2D eigenvalue weighted by atomic mass is 35.5. The van der Waals surface area contributed by atoms with Crippen molar-refractivity contribution < 1.29 is 19.4 Å². The largest absolute Gasteiger partial charge is 0.489 e. The predicted molar refractivity (Wildman–Crippen MR) is 189 cm³/mol. The van der Waals surface area contributed by atoms with Crippen LogP contribution in [0.1, 0.15) is 38.4 Å². The molecule has 0 unspecified atom stereocenters. The standard InChI is InChI=1S/C37H29Cl2N3O4S/c1-23-18-28(24(2)42(23)31-14-16-32(17-15-31)46-22-27-12-13-29(38)20-33(27)39)19-34-35(43)41(21-25-8-10-26(11-9-25)36(44)45)37(47-34)40-30-6-4-3-5-7-30/h3-20H,21-22H2,1-2H3,(H,44,45)/b34-19-,40-37?. The van der Waals surface area contributed by atoms with Gasteiger partial charge >= 0.3 is 5.97 Å². The van der Waals surface area contributed by atoms with Crippen molar-refractivity contribution in [2.45, 2.75) is 27.0 Å². The van der Waals surface area contributed by atoms with Gasteiger partial charge in [-0.25, -0.2) is 9.79 Å². The van der Waals surface area contributed by atoms with Gasteiger partial charge in [-0.2, -0.15) is 0 Å². The Bertz CT molecular complexity index is 2020. The van der Waals surface area contributed by atoms with Crippen LogP contribution >= 0.6 is 35.0 Å². The van der Waals surface area contributed by atoms with Crippen LogP contribution in [0.2, 0.25) is 10.0 Å². The lowest BCUT2D eigenvalue weighted by atomic mass is 10.1. The lowest BCUT2D eigenvalue weighted by Gasteiger charge is -2.16. The van der Waals surface area contributed by atoms with E-state index in [9.17, 15) is 14.7 Å². The third-order valence-corrected chi connectivity index (χ3v) is 9.27. The topological polar surface area (TPSA) is 84.1 Å². The van der Waals surface area contributed by atoms with Gasteiger partial charge in [-0.05, 0) is 110 Å². The van der Waals surface area contributed by atoms with Gasteiger partial charge in [-0.15, -0.1) is 0 Å². The monoisotopic (exact) mass is 681 g/mol. The Hall–Kier alpha value is -4.76. The van der Waals surface area contributed by atoms with Crippen molar-refractivity contribution in [1.29, 1.82) is 0 Å². The van der Waals surface area contributed by atoms with E-state index in [0.717, 1.165) is 39.5 Å². The molecule has 0 saturated carbocycles. The third kappa shape index (κ3) is 7.30. The molecule has 4 aromatic carbocycles. The van der Waals surface area contributed by atoms with E-state index in [1.54, 1.807) is 41.3 Å². The molecule has 0 atom stereocenters. The summed E-state index contributed by atoms with van der Waals surface area (Å²) in [6, 6.07) is 31.2. The van der Waals surface area contributed by atoms with Gasteiger partial charge in [0.2, 0.25) is 0 Å².